The van der Waals surface area contributed by atoms with Crippen LogP contribution in [0.25, 0.3) is 11.3 Å². The Morgan fingerprint density at radius 3 is 2.27 bits per heavy atom. The molecule has 3 N–H and O–H groups in total. The summed E-state index contributed by atoms with van der Waals surface area (Å²) in [5, 5.41) is 18.3. The van der Waals surface area contributed by atoms with Crippen LogP contribution in [0.1, 0.15) is 22.5 Å². The molecule has 6 heteroatoms. The summed E-state index contributed by atoms with van der Waals surface area (Å²) in [4.78, 5) is 23.5. The second-order valence-corrected chi connectivity index (χ2v) is 5.79. The maximum absolute atomic E-state index is 12.6. The zero-order chi connectivity index (χ0) is 18.5. The number of carboxylic acid groups (broad SMARTS) is 1. The normalized spacial score (nSPS) is 10.5. The Hall–Kier alpha value is -3.54. The van der Waals surface area contributed by atoms with Crippen LogP contribution in [0.4, 0.5) is 0 Å². The van der Waals surface area contributed by atoms with E-state index in [9.17, 15) is 14.7 Å². The first kappa shape index (κ1) is 17.3. The Kier molecular flexibility index (Phi) is 5.03. The molecule has 0 aliphatic carbocycles. The maximum atomic E-state index is 12.6. The molecule has 0 aliphatic rings. The standard InChI is InChI=1S/C20H18N2O4/c23-17-10-6-15(7-11-17)20(26)21-22-16(9-13-19(24)25)8-12-18(22)14-4-2-1-3-5-14/h1-8,10-12,23H,9,13H2,(H,21,26)(H,24,25). The first-order valence-electron chi connectivity index (χ1n) is 8.13. The van der Waals surface area contributed by atoms with Crippen molar-refractivity contribution in [3.8, 4) is 17.0 Å². The van der Waals surface area contributed by atoms with Gasteiger partial charge in [0.25, 0.3) is 5.91 Å². The molecule has 0 bridgehead atoms. The molecule has 1 heterocycles. The van der Waals surface area contributed by atoms with Crippen molar-refractivity contribution >= 4 is 11.9 Å². The number of nitrogens with one attached hydrogen (secondary N) is 1. The van der Waals surface area contributed by atoms with Gasteiger partial charge in [-0.15, -0.1) is 0 Å². The second-order valence-electron chi connectivity index (χ2n) is 5.79. The van der Waals surface area contributed by atoms with Gasteiger partial charge in [0.2, 0.25) is 0 Å². The molecular weight excluding hydrogens is 332 g/mol. The largest absolute Gasteiger partial charge is 0.508 e. The summed E-state index contributed by atoms with van der Waals surface area (Å²) in [5.41, 5.74) is 5.57. The zero-order valence-electron chi connectivity index (χ0n) is 13.9. The monoisotopic (exact) mass is 350 g/mol. The maximum Gasteiger partial charge on any atom is 0.303 e. The van der Waals surface area contributed by atoms with Gasteiger partial charge in [0.1, 0.15) is 5.75 Å². The molecule has 0 aliphatic heterocycles. The van der Waals surface area contributed by atoms with Crippen LogP contribution in [-0.4, -0.2) is 26.8 Å². The van der Waals surface area contributed by atoms with E-state index in [1.165, 1.54) is 24.3 Å². The number of nitrogens with zero attached hydrogens (tertiary/aromatic N) is 1. The van der Waals surface area contributed by atoms with Crippen molar-refractivity contribution in [1.82, 2.24) is 4.68 Å². The number of phenols is 1. The molecule has 0 saturated heterocycles. The number of carbonyl (C=O) groups excluding carboxylic acids is 1. The molecule has 0 saturated carbocycles. The van der Waals surface area contributed by atoms with Crippen LogP contribution in [0, 0.1) is 0 Å². The second kappa shape index (κ2) is 7.57. The summed E-state index contributed by atoms with van der Waals surface area (Å²) in [6.45, 7) is 0. The van der Waals surface area contributed by atoms with Crippen LogP contribution in [0.2, 0.25) is 0 Å². The lowest BCUT2D eigenvalue weighted by Gasteiger charge is -2.15. The molecule has 0 fully saturated rings. The van der Waals surface area contributed by atoms with Crippen molar-refractivity contribution in [3.63, 3.8) is 0 Å². The minimum atomic E-state index is -0.899. The van der Waals surface area contributed by atoms with Crippen LogP contribution in [0.5, 0.6) is 5.75 Å². The van der Waals surface area contributed by atoms with Crippen LogP contribution < -0.4 is 5.43 Å². The average Bonchev–Trinajstić information content (AvgIpc) is 3.03. The third-order valence-electron chi connectivity index (χ3n) is 3.97. The predicted molar refractivity (Wildman–Crippen MR) is 97.6 cm³/mol. The van der Waals surface area contributed by atoms with E-state index in [-0.39, 0.29) is 24.5 Å². The number of benzene rings is 2. The van der Waals surface area contributed by atoms with E-state index in [1.54, 1.807) is 4.68 Å². The minimum absolute atomic E-state index is 0.0344. The highest BCUT2D eigenvalue weighted by Gasteiger charge is 2.14. The van der Waals surface area contributed by atoms with E-state index >= 15 is 0 Å². The van der Waals surface area contributed by atoms with E-state index in [0.717, 1.165) is 11.3 Å². The predicted octanol–water partition coefficient (Wildman–Crippen LogP) is 3.26. The quantitative estimate of drug-likeness (QED) is 0.636. The molecule has 132 valence electrons. The summed E-state index contributed by atoms with van der Waals surface area (Å²) >= 11 is 0. The van der Waals surface area contributed by atoms with Crippen molar-refractivity contribution in [2.24, 2.45) is 0 Å². The molecular formula is C20H18N2O4. The van der Waals surface area contributed by atoms with E-state index in [2.05, 4.69) is 5.43 Å². The van der Waals surface area contributed by atoms with Crippen LogP contribution >= 0.6 is 0 Å². The number of hydrogen-bond acceptors (Lipinski definition) is 3. The summed E-state index contributed by atoms with van der Waals surface area (Å²) < 4.78 is 1.62. The lowest BCUT2D eigenvalue weighted by Crippen LogP contribution is -2.25. The van der Waals surface area contributed by atoms with Gasteiger partial charge < -0.3 is 10.2 Å². The number of phenolic OH excluding ortho intramolecular Hbond substituents is 1. The molecule has 1 aromatic heterocycles. The van der Waals surface area contributed by atoms with Gasteiger partial charge in [-0.1, -0.05) is 30.3 Å². The van der Waals surface area contributed by atoms with Gasteiger partial charge in [0, 0.05) is 23.2 Å². The fourth-order valence-corrected chi connectivity index (χ4v) is 2.65. The number of hydrogen-bond donors (Lipinski definition) is 3. The Bertz CT molecular complexity index is 915. The van der Waals surface area contributed by atoms with Crippen molar-refractivity contribution in [3.05, 3.63) is 78.0 Å². The van der Waals surface area contributed by atoms with Crippen LogP contribution in [0.3, 0.4) is 0 Å². The number of aliphatic carboxylic acids is 1. The van der Waals surface area contributed by atoms with Crippen molar-refractivity contribution in [2.75, 3.05) is 5.43 Å². The molecule has 2 aromatic carbocycles. The van der Waals surface area contributed by atoms with E-state index < -0.39 is 5.97 Å². The summed E-state index contributed by atoms with van der Waals surface area (Å²) in [6.07, 6.45) is 0.255. The van der Waals surface area contributed by atoms with E-state index in [4.69, 9.17) is 5.11 Å². The molecule has 26 heavy (non-hydrogen) atoms. The van der Waals surface area contributed by atoms with Gasteiger partial charge in [-0.25, -0.2) is 0 Å². The van der Waals surface area contributed by atoms with Gasteiger partial charge in [0.05, 0.1) is 12.1 Å². The topological polar surface area (TPSA) is 91.6 Å². The lowest BCUT2D eigenvalue weighted by molar-refractivity contribution is -0.136. The van der Waals surface area contributed by atoms with Gasteiger partial charge in [-0.2, -0.15) is 0 Å². The molecule has 0 unspecified atom stereocenters. The Morgan fingerprint density at radius 1 is 0.923 bits per heavy atom. The van der Waals surface area contributed by atoms with Crippen LogP contribution in [-0.2, 0) is 11.2 Å². The third kappa shape index (κ3) is 3.92. The average molecular weight is 350 g/mol. The first-order chi connectivity index (χ1) is 12.5. The van der Waals surface area contributed by atoms with Crippen molar-refractivity contribution in [2.45, 2.75) is 12.8 Å². The van der Waals surface area contributed by atoms with Gasteiger partial charge in [-0.3, -0.25) is 19.7 Å². The zero-order valence-corrected chi connectivity index (χ0v) is 13.9. The van der Waals surface area contributed by atoms with Gasteiger partial charge in [0.15, 0.2) is 0 Å². The lowest BCUT2D eigenvalue weighted by atomic mass is 10.2. The Labute approximate surface area is 150 Å². The number of amides is 1. The summed E-state index contributed by atoms with van der Waals surface area (Å²) in [6, 6.07) is 19.1. The highest BCUT2D eigenvalue weighted by Crippen LogP contribution is 2.22. The Balaban J connectivity index is 1.94. The van der Waals surface area contributed by atoms with E-state index in [1.807, 2.05) is 42.5 Å². The highest BCUT2D eigenvalue weighted by atomic mass is 16.4. The number of aromatic hydroxyl groups is 1. The summed E-state index contributed by atoms with van der Waals surface area (Å²) in [7, 11) is 0. The fraction of sp³-hybridized carbons (Fsp3) is 0.100. The first-order valence-corrected chi connectivity index (χ1v) is 8.13. The number of carbonyl (C=O) groups is 2. The van der Waals surface area contributed by atoms with Gasteiger partial charge >= 0.3 is 5.97 Å². The highest BCUT2D eigenvalue weighted by molar-refractivity contribution is 6.00. The molecule has 6 nitrogen and oxygen atoms in total. The smallest absolute Gasteiger partial charge is 0.303 e. The van der Waals surface area contributed by atoms with Crippen LogP contribution in [0.15, 0.2) is 66.7 Å². The number of rotatable bonds is 6. The van der Waals surface area contributed by atoms with E-state index in [0.29, 0.717) is 11.3 Å². The minimum Gasteiger partial charge on any atom is -0.508 e. The molecule has 0 atom stereocenters. The molecule has 0 spiro atoms. The summed E-state index contributed by atoms with van der Waals surface area (Å²) in [5.74, 6) is -1.17. The molecule has 3 aromatic rings. The van der Waals surface area contributed by atoms with Gasteiger partial charge in [-0.05, 0) is 36.4 Å². The SMILES string of the molecule is O=C(O)CCc1ccc(-c2ccccc2)n1NC(=O)c1ccc(O)cc1. The van der Waals surface area contributed by atoms with Crippen molar-refractivity contribution in [1.29, 1.82) is 0 Å². The molecule has 1 amide bonds. The number of aryl methyl sites for hydroxylation is 1. The fourth-order valence-electron chi connectivity index (χ4n) is 2.65. The number of carboxylic acids is 1. The molecule has 3 rings (SSSR count). The number of aromatic nitrogens is 1. The van der Waals surface area contributed by atoms with Crippen molar-refractivity contribution < 1.29 is 19.8 Å². The third-order valence-corrected chi connectivity index (χ3v) is 3.97. The Morgan fingerprint density at radius 2 is 1.62 bits per heavy atom. The molecule has 0 radical (unpaired) electrons.